The molecule has 1 saturated heterocycles. The summed E-state index contributed by atoms with van der Waals surface area (Å²) in [6.45, 7) is 2.40. The lowest BCUT2D eigenvalue weighted by Gasteiger charge is -2.22. The molecule has 0 atom stereocenters. The number of benzene rings is 1. The molecule has 1 aromatic rings. The van der Waals surface area contributed by atoms with E-state index in [2.05, 4.69) is 16.0 Å². The summed E-state index contributed by atoms with van der Waals surface area (Å²) < 4.78 is 0. The van der Waals surface area contributed by atoms with Gasteiger partial charge < -0.3 is 16.0 Å². The number of carbonyl (C=O) groups is 2. The Morgan fingerprint density at radius 3 is 2.54 bits per heavy atom. The van der Waals surface area contributed by atoms with Crippen molar-refractivity contribution >= 4 is 41.5 Å². The van der Waals surface area contributed by atoms with Crippen molar-refractivity contribution in [2.75, 3.05) is 25.0 Å². The number of hydrogen-bond acceptors (Lipinski definition) is 3. The second-order valence-corrected chi connectivity index (χ2v) is 6.79. The van der Waals surface area contributed by atoms with E-state index >= 15 is 0 Å². The van der Waals surface area contributed by atoms with Crippen LogP contribution in [0.1, 0.15) is 36.0 Å². The van der Waals surface area contributed by atoms with Gasteiger partial charge in [0.05, 0.1) is 11.3 Å². The zero-order valence-corrected chi connectivity index (χ0v) is 15.0. The van der Waals surface area contributed by atoms with Crippen molar-refractivity contribution in [1.29, 1.82) is 0 Å². The van der Waals surface area contributed by atoms with Crippen LogP contribution in [0, 0.1) is 11.8 Å². The minimum atomic E-state index is -0.181. The monoisotopic (exact) mass is 371 g/mol. The quantitative estimate of drug-likeness (QED) is 0.745. The van der Waals surface area contributed by atoms with E-state index in [-0.39, 0.29) is 30.1 Å². The first-order valence-electron chi connectivity index (χ1n) is 8.23. The highest BCUT2D eigenvalue weighted by molar-refractivity contribution is 6.31. The predicted molar refractivity (Wildman–Crippen MR) is 98.0 cm³/mol. The fourth-order valence-corrected chi connectivity index (χ4v) is 2.96. The van der Waals surface area contributed by atoms with Gasteiger partial charge in [0.2, 0.25) is 5.91 Å². The van der Waals surface area contributed by atoms with Crippen molar-refractivity contribution < 1.29 is 9.59 Å². The van der Waals surface area contributed by atoms with Gasteiger partial charge >= 0.3 is 0 Å². The zero-order valence-electron chi connectivity index (χ0n) is 13.4. The van der Waals surface area contributed by atoms with Gasteiger partial charge in [-0.3, -0.25) is 9.59 Å². The smallest absolute Gasteiger partial charge is 0.253 e. The van der Waals surface area contributed by atoms with Gasteiger partial charge in [-0.25, -0.2) is 0 Å². The molecule has 3 rings (SSSR count). The van der Waals surface area contributed by atoms with E-state index in [0.717, 1.165) is 25.9 Å². The molecule has 0 radical (unpaired) electrons. The highest BCUT2D eigenvalue weighted by atomic mass is 35.5. The van der Waals surface area contributed by atoms with Crippen LogP contribution in [0.2, 0.25) is 5.02 Å². The van der Waals surface area contributed by atoms with Gasteiger partial charge in [-0.15, -0.1) is 12.4 Å². The third kappa shape index (κ3) is 5.10. The number of piperidine rings is 1. The lowest BCUT2D eigenvalue weighted by Crippen LogP contribution is -2.35. The van der Waals surface area contributed by atoms with Crippen LogP contribution in [-0.2, 0) is 4.79 Å². The third-order valence-electron chi connectivity index (χ3n) is 4.44. The number of anilines is 1. The molecule has 0 unspecified atom stereocenters. The number of nitrogens with one attached hydrogen (secondary N) is 3. The fraction of sp³-hybridized carbons (Fsp3) is 0.529. The van der Waals surface area contributed by atoms with Crippen LogP contribution in [-0.4, -0.2) is 31.4 Å². The maximum Gasteiger partial charge on any atom is 0.253 e. The molecule has 1 aliphatic carbocycles. The number of halogens is 2. The average molecular weight is 372 g/mol. The van der Waals surface area contributed by atoms with Gasteiger partial charge in [0, 0.05) is 17.5 Å². The number of carbonyl (C=O) groups excluding carboxylic acids is 2. The van der Waals surface area contributed by atoms with Gasteiger partial charge in [-0.1, -0.05) is 11.6 Å². The minimum absolute atomic E-state index is 0. The van der Waals surface area contributed by atoms with E-state index in [9.17, 15) is 9.59 Å². The first kappa shape index (κ1) is 19.0. The maximum atomic E-state index is 12.4. The summed E-state index contributed by atoms with van der Waals surface area (Å²) in [7, 11) is 0. The van der Waals surface area contributed by atoms with E-state index in [0.29, 0.717) is 28.7 Å². The molecular formula is C17H23Cl2N3O2. The number of hydrogen-bond donors (Lipinski definition) is 3. The van der Waals surface area contributed by atoms with Crippen molar-refractivity contribution in [2.24, 2.45) is 11.8 Å². The molecule has 1 saturated carbocycles. The molecule has 2 fully saturated rings. The van der Waals surface area contributed by atoms with E-state index in [1.807, 2.05) is 0 Å². The Kier molecular flexibility index (Phi) is 6.90. The second kappa shape index (κ2) is 8.70. The Hall–Kier alpha value is -1.30. The zero-order chi connectivity index (χ0) is 16.2. The van der Waals surface area contributed by atoms with Crippen LogP contribution >= 0.6 is 24.0 Å². The first-order valence-corrected chi connectivity index (χ1v) is 8.60. The molecule has 2 aliphatic rings. The lowest BCUT2D eigenvalue weighted by molar-refractivity contribution is -0.120. The van der Waals surface area contributed by atoms with Crippen molar-refractivity contribution in [2.45, 2.75) is 25.7 Å². The summed E-state index contributed by atoms with van der Waals surface area (Å²) in [4.78, 5) is 24.8. The topological polar surface area (TPSA) is 70.2 Å². The van der Waals surface area contributed by atoms with Gasteiger partial charge in [0.15, 0.2) is 0 Å². The van der Waals surface area contributed by atoms with Crippen LogP contribution in [0.3, 0.4) is 0 Å². The Morgan fingerprint density at radius 2 is 1.88 bits per heavy atom. The molecule has 0 spiro atoms. The predicted octanol–water partition coefficient (Wildman–Crippen LogP) is 2.84. The molecule has 5 nitrogen and oxygen atoms in total. The summed E-state index contributed by atoms with van der Waals surface area (Å²) in [5.74, 6) is 0.394. The molecule has 3 N–H and O–H groups in total. The van der Waals surface area contributed by atoms with Crippen LogP contribution in [0.4, 0.5) is 5.69 Å². The minimum Gasteiger partial charge on any atom is -0.352 e. The third-order valence-corrected chi connectivity index (χ3v) is 4.68. The maximum absolute atomic E-state index is 12.4. The summed E-state index contributed by atoms with van der Waals surface area (Å²) in [6.07, 6.45) is 4.00. The summed E-state index contributed by atoms with van der Waals surface area (Å²) in [5, 5.41) is 9.56. The SMILES string of the molecule is Cl.O=C(NCC1CC1)c1cc(Cl)ccc1NC(=O)C1CCNCC1. The summed E-state index contributed by atoms with van der Waals surface area (Å²) in [5.41, 5.74) is 0.965. The molecule has 1 aliphatic heterocycles. The molecular weight excluding hydrogens is 349 g/mol. The van der Waals surface area contributed by atoms with Gasteiger partial charge in [-0.05, 0) is 62.9 Å². The number of rotatable bonds is 5. The lowest BCUT2D eigenvalue weighted by atomic mass is 9.97. The van der Waals surface area contributed by atoms with Crippen molar-refractivity contribution in [3.8, 4) is 0 Å². The number of amides is 2. The Bertz CT molecular complexity index is 599. The Labute approximate surface area is 153 Å². The van der Waals surface area contributed by atoms with E-state index < -0.39 is 0 Å². The molecule has 2 amide bonds. The van der Waals surface area contributed by atoms with Crippen LogP contribution in [0.5, 0.6) is 0 Å². The van der Waals surface area contributed by atoms with E-state index in [1.54, 1.807) is 18.2 Å². The van der Waals surface area contributed by atoms with Crippen LogP contribution in [0.25, 0.3) is 0 Å². The fourth-order valence-electron chi connectivity index (χ4n) is 2.79. The molecule has 132 valence electrons. The standard InChI is InChI=1S/C17H22ClN3O2.ClH/c18-13-3-4-15(21-16(22)12-5-7-19-8-6-12)14(9-13)17(23)20-10-11-1-2-11;/h3-4,9,11-12,19H,1-2,5-8,10H2,(H,20,23)(H,21,22);1H. The van der Waals surface area contributed by atoms with Crippen molar-refractivity contribution in [3.05, 3.63) is 28.8 Å². The van der Waals surface area contributed by atoms with E-state index in [1.165, 1.54) is 12.8 Å². The first-order chi connectivity index (χ1) is 11.1. The van der Waals surface area contributed by atoms with Gasteiger partial charge in [0.25, 0.3) is 5.91 Å². The van der Waals surface area contributed by atoms with Gasteiger partial charge in [-0.2, -0.15) is 0 Å². The molecule has 1 aromatic carbocycles. The van der Waals surface area contributed by atoms with Crippen molar-refractivity contribution in [1.82, 2.24) is 10.6 Å². The van der Waals surface area contributed by atoms with E-state index in [4.69, 9.17) is 11.6 Å². The normalized spacial score (nSPS) is 17.7. The highest BCUT2D eigenvalue weighted by Gasteiger charge is 2.24. The van der Waals surface area contributed by atoms with Gasteiger partial charge in [0.1, 0.15) is 0 Å². The molecule has 1 heterocycles. The largest absolute Gasteiger partial charge is 0.352 e. The van der Waals surface area contributed by atoms with Crippen LogP contribution in [0.15, 0.2) is 18.2 Å². The molecule has 7 heteroatoms. The Morgan fingerprint density at radius 1 is 1.17 bits per heavy atom. The molecule has 0 aromatic heterocycles. The van der Waals surface area contributed by atoms with Crippen LogP contribution < -0.4 is 16.0 Å². The highest BCUT2D eigenvalue weighted by Crippen LogP contribution is 2.28. The van der Waals surface area contributed by atoms with Crippen molar-refractivity contribution in [3.63, 3.8) is 0 Å². The average Bonchev–Trinajstić information content (AvgIpc) is 3.39. The molecule has 0 bridgehead atoms. The molecule has 24 heavy (non-hydrogen) atoms. The summed E-state index contributed by atoms with van der Waals surface area (Å²) in [6, 6.07) is 5.01. The summed E-state index contributed by atoms with van der Waals surface area (Å²) >= 11 is 6.02. The second-order valence-electron chi connectivity index (χ2n) is 6.36. The Balaban J connectivity index is 0.00000208.